The van der Waals surface area contributed by atoms with Crippen molar-refractivity contribution in [2.45, 2.75) is 55.6 Å². The summed E-state index contributed by atoms with van der Waals surface area (Å²) >= 11 is 0. The zero-order valence-electron chi connectivity index (χ0n) is 16.0. The van der Waals surface area contributed by atoms with Crippen molar-refractivity contribution in [1.29, 1.82) is 0 Å². The molecule has 0 saturated carbocycles. The molecule has 0 aromatic heterocycles. The SMILES string of the molecule is O=S(=O)(NC[C@H](O)CC1CCC2CCCC=C2N1)c1cccc2ccccc12. The maximum absolute atomic E-state index is 12.8. The van der Waals surface area contributed by atoms with Crippen molar-refractivity contribution in [2.24, 2.45) is 5.92 Å². The molecule has 2 aliphatic rings. The van der Waals surface area contributed by atoms with Gasteiger partial charge in [-0.2, -0.15) is 0 Å². The van der Waals surface area contributed by atoms with Crippen LogP contribution in [0.5, 0.6) is 0 Å². The van der Waals surface area contributed by atoms with Crippen LogP contribution >= 0.6 is 0 Å². The number of hydrogen-bond donors (Lipinski definition) is 3. The predicted octanol–water partition coefficient (Wildman–Crippen LogP) is 3.31. The summed E-state index contributed by atoms with van der Waals surface area (Å²) in [6.07, 6.45) is 7.92. The minimum Gasteiger partial charge on any atom is -0.392 e. The van der Waals surface area contributed by atoms with Crippen LogP contribution in [-0.4, -0.2) is 32.2 Å². The first-order chi connectivity index (χ1) is 13.5. The molecule has 6 heteroatoms. The number of aliphatic hydroxyl groups is 1. The van der Waals surface area contributed by atoms with E-state index in [9.17, 15) is 13.5 Å². The Bertz CT molecular complexity index is 965. The van der Waals surface area contributed by atoms with Gasteiger partial charge >= 0.3 is 0 Å². The molecule has 2 aromatic rings. The molecule has 150 valence electrons. The molecule has 2 unspecified atom stereocenters. The van der Waals surface area contributed by atoms with Gasteiger partial charge in [0.25, 0.3) is 0 Å². The second-order valence-electron chi connectivity index (χ2n) is 7.92. The van der Waals surface area contributed by atoms with E-state index in [1.54, 1.807) is 18.2 Å². The molecule has 2 aromatic carbocycles. The number of nitrogens with one attached hydrogen (secondary N) is 2. The number of piperidine rings is 1. The third kappa shape index (κ3) is 4.24. The summed E-state index contributed by atoms with van der Waals surface area (Å²) in [6.45, 7) is 0.0201. The largest absolute Gasteiger partial charge is 0.392 e. The Balaban J connectivity index is 1.37. The molecule has 3 N–H and O–H groups in total. The van der Waals surface area contributed by atoms with E-state index < -0.39 is 16.1 Å². The summed E-state index contributed by atoms with van der Waals surface area (Å²) < 4.78 is 28.2. The molecule has 0 spiro atoms. The molecule has 1 heterocycles. The predicted molar refractivity (Wildman–Crippen MR) is 111 cm³/mol. The van der Waals surface area contributed by atoms with Gasteiger partial charge < -0.3 is 10.4 Å². The van der Waals surface area contributed by atoms with Gasteiger partial charge in [-0.3, -0.25) is 0 Å². The molecule has 0 amide bonds. The third-order valence-corrected chi connectivity index (χ3v) is 7.38. The number of benzene rings is 2. The Labute approximate surface area is 166 Å². The van der Waals surface area contributed by atoms with E-state index >= 15 is 0 Å². The van der Waals surface area contributed by atoms with Crippen LogP contribution in [0.1, 0.15) is 38.5 Å². The second kappa shape index (κ2) is 8.23. The van der Waals surface area contributed by atoms with Crippen LogP contribution in [0, 0.1) is 5.92 Å². The molecule has 0 bridgehead atoms. The number of aliphatic hydroxyl groups excluding tert-OH is 1. The smallest absolute Gasteiger partial charge is 0.241 e. The lowest BCUT2D eigenvalue weighted by molar-refractivity contribution is 0.145. The van der Waals surface area contributed by atoms with Gasteiger partial charge in [0, 0.05) is 23.7 Å². The lowest BCUT2D eigenvalue weighted by Crippen LogP contribution is -2.42. The minimum absolute atomic E-state index is 0.0201. The van der Waals surface area contributed by atoms with Crippen LogP contribution in [-0.2, 0) is 10.0 Å². The number of allylic oxidation sites excluding steroid dienone is 2. The van der Waals surface area contributed by atoms with Crippen LogP contribution in [0.15, 0.2) is 59.1 Å². The molecule has 3 atom stereocenters. The van der Waals surface area contributed by atoms with Gasteiger partial charge in [-0.1, -0.05) is 42.5 Å². The highest BCUT2D eigenvalue weighted by Gasteiger charge is 2.28. The molecule has 1 saturated heterocycles. The molecular formula is C22H28N2O3S. The van der Waals surface area contributed by atoms with E-state index in [-0.39, 0.29) is 17.5 Å². The average molecular weight is 401 g/mol. The molecule has 1 fully saturated rings. The number of sulfonamides is 1. The van der Waals surface area contributed by atoms with Crippen molar-refractivity contribution in [2.75, 3.05) is 6.54 Å². The average Bonchev–Trinajstić information content (AvgIpc) is 2.72. The van der Waals surface area contributed by atoms with Crippen LogP contribution in [0.25, 0.3) is 10.8 Å². The van der Waals surface area contributed by atoms with E-state index in [2.05, 4.69) is 16.1 Å². The first-order valence-electron chi connectivity index (χ1n) is 10.1. The zero-order valence-corrected chi connectivity index (χ0v) is 16.8. The van der Waals surface area contributed by atoms with Crippen molar-refractivity contribution in [1.82, 2.24) is 10.0 Å². The summed E-state index contributed by atoms with van der Waals surface area (Å²) in [5, 5.41) is 15.6. The number of rotatable bonds is 6. The fourth-order valence-electron chi connectivity index (χ4n) is 4.43. The first-order valence-corrected chi connectivity index (χ1v) is 11.6. The monoisotopic (exact) mass is 400 g/mol. The quantitative estimate of drug-likeness (QED) is 0.695. The van der Waals surface area contributed by atoms with E-state index in [4.69, 9.17) is 0 Å². The Morgan fingerprint density at radius 2 is 1.93 bits per heavy atom. The standard InChI is InChI=1S/C22H28N2O3S/c25-19(14-18-13-12-17-7-2-4-10-21(17)24-18)15-23-28(26,27)22-11-5-8-16-6-1-3-9-20(16)22/h1,3,5-6,8-11,17-19,23-25H,2,4,7,12-15H2/t17?,18?,19-/m1/s1. The van der Waals surface area contributed by atoms with Gasteiger partial charge in [0.1, 0.15) is 0 Å². The van der Waals surface area contributed by atoms with Crippen LogP contribution in [0.4, 0.5) is 0 Å². The third-order valence-electron chi connectivity index (χ3n) is 5.90. The minimum atomic E-state index is -3.68. The lowest BCUT2D eigenvalue weighted by Gasteiger charge is -2.36. The van der Waals surface area contributed by atoms with E-state index in [0.29, 0.717) is 17.7 Å². The maximum Gasteiger partial charge on any atom is 0.241 e. The van der Waals surface area contributed by atoms with Crippen molar-refractivity contribution in [3.8, 4) is 0 Å². The summed E-state index contributed by atoms with van der Waals surface area (Å²) in [6, 6.07) is 12.9. The molecule has 1 aliphatic heterocycles. The molecule has 5 nitrogen and oxygen atoms in total. The summed E-state index contributed by atoms with van der Waals surface area (Å²) in [7, 11) is -3.68. The highest BCUT2D eigenvalue weighted by molar-refractivity contribution is 7.89. The number of hydrogen-bond acceptors (Lipinski definition) is 4. The van der Waals surface area contributed by atoms with E-state index in [1.165, 1.54) is 18.5 Å². The van der Waals surface area contributed by atoms with E-state index in [0.717, 1.165) is 24.6 Å². The van der Waals surface area contributed by atoms with Gasteiger partial charge in [0.15, 0.2) is 0 Å². The maximum atomic E-state index is 12.8. The second-order valence-corrected chi connectivity index (χ2v) is 9.66. The van der Waals surface area contributed by atoms with Gasteiger partial charge in [-0.05, 0) is 55.9 Å². The normalized spacial score (nSPS) is 23.5. The molecule has 1 aliphatic carbocycles. The molecule has 4 rings (SSSR count). The Morgan fingerprint density at radius 3 is 2.82 bits per heavy atom. The van der Waals surface area contributed by atoms with Gasteiger partial charge in [-0.25, -0.2) is 13.1 Å². The first kappa shape index (κ1) is 19.4. The van der Waals surface area contributed by atoms with Crippen molar-refractivity contribution < 1.29 is 13.5 Å². The summed E-state index contributed by atoms with van der Waals surface area (Å²) in [5.74, 6) is 0.645. The lowest BCUT2D eigenvalue weighted by atomic mass is 9.83. The van der Waals surface area contributed by atoms with Crippen LogP contribution < -0.4 is 10.0 Å². The van der Waals surface area contributed by atoms with Gasteiger partial charge in [0.05, 0.1) is 11.0 Å². The summed E-state index contributed by atoms with van der Waals surface area (Å²) in [5.41, 5.74) is 1.33. The van der Waals surface area contributed by atoms with E-state index in [1.807, 2.05) is 24.3 Å². The topological polar surface area (TPSA) is 78.4 Å². The van der Waals surface area contributed by atoms with Gasteiger partial charge in [0.2, 0.25) is 10.0 Å². The Kier molecular flexibility index (Phi) is 5.71. The van der Waals surface area contributed by atoms with Crippen molar-refractivity contribution >= 4 is 20.8 Å². The molecular weight excluding hydrogens is 372 g/mol. The van der Waals surface area contributed by atoms with Crippen LogP contribution in [0.2, 0.25) is 0 Å². The summed E-state index contributed by atoms with van der Waals surface area (Å²) in [4.78, 5) is 0.254. The Hall–Kier alpha value is -1.89. The fraction of sp³-hybridized carbons (Fsp3) is 0.455. The fourth-order valence-corrected chi connectivity index (χ4v) is 5.73. The van der Waals surface area contributed by atoms with Gasteiger partial charge in [-0.15, -0.1) is 0 Å². The van der Waals surface area contributed by atoms with Crippen molar-refractivity contribution in [3.05, 3.63) is 54.2 Å². The highest BCUT2D eigenvalue weighted by Crippen LogP contribution is 2.32. The van der Waals surface area contributed by atoms with Crippen LogP contribution in [0.3, 0.4) is 0 Å². The Morgan fingerprint density at radius 1 is 1.11 bits per heavy atom. The molecule has 0 radical (unpaired) electrons. The zero-order chi connectivity index (χ0) is 19.6. The molecule has 28 heavy (non-hydrogen) atoms. The number of fused-ring (bicyclic) bond motifs is 2. The van der Waals surface area contributed by atoms with Crippen molar-refractivity contribution in [3.63, 3.8) is 0 Å². The highest BCUT2D eigenvalue weighted by atomic mass is 32.2.